The van der Waals surface area contributed by atoms with E-state index in [1.807, 2.05) is 11.0 Å². The number of likely N-dealkylation sites (tertiary alicyclic amines) is 1. The summed E-state index contributed by atoms with van der Waals surface area (Å²) in [5, 5.41) is 2.05. The summed E-state index contributed by atoms with van der Waals surface area (Å²) in [5.41, 5.74) is 0.177. The molecule has 0 spiro atoms. The molecule has 0 radical (unpaired) electrons. The maximum Gasteiger partial charge on any atom is 0.360 e. The Bertz CT molecular complexity index is 789. The Balaban J connectivity index is 1.43. The van der Waals surface area contributed by atoms with Gasteiger partial charge in [0.1, 0.15) is 6.26 Å². The lowest BCUT2D eigenvalue weighted by atomic mass is 9.78. The molecule has 0 bridgehead atoms. The van der Waals surface area contributed by atoms with Crippen molar-refractivity contribution in [2.45, 2.75) is 43.9 Å². The topological polar surface area (TPSA) is 72.6 Å². The van der Waals surface area contributed by atoms with Crippen LogP contribution in [0.2, 0.25) is 0 Å². The molecular formula is C20H24N2O4S. The number of amides is 1. The molecule has 0 N–H and O–H groups in total. The van der Waals surface area contributed by atoms with Crippen LogP contribution in [-0.4, -0.2) is 42.0 Å². The molecule has 6 nitrogen and oxygen atoms in total. The highest BCUT2D eigenvalue weighted by Crippen LogP contribution is 2.40. The third-order valence-corrected chi connectivity index (χ3v) is 6.65. The summed E-state index contributed by atoms with van der Waals surface area (Å²) >= 11 is 1.68. The van der Waals surface area contributed by atoms with E-state index in [4.69, 9.17) is 4.42 Å². The predicted octanol–water partition coefficient (Wildman–Crippen LogP) is 3.81. The number of ether oxygens (including phenoxy) is 1. The van der Waals surface area contributed by atoms with Crippen LogP contribution in [0.5, 0.6) is 0 Å². The van der Waals surface area contributed by atoms with Gasteiger partial charge in [-0.2, -0.15) is 0 Å². The van der Waals surface area contributed by atoms with Gasteiger partial charge < -0.3 is 14.1 Å². The molecule has 1 saturated heterocycles. The fourth-order valence-corrected chi connectivity index (χ4v) is 5.09. The number of rotatable bonds is 5. The summed E-state index contributed by atoms with van der Waals surface area (Å²) in [6, 6.07) is 4.12. The van der Waals surface area contributed by atoms with Gasteiger partial charge in [0, 0.05) is 18.0 Å². The standard InChI is InChI=1S/C20H24N2O4S/c1-25-20(24)15-12-26-18(21-15)14-10-22(11-14)19(23)17(16-8-5-9-27-16)13-6-3-2-4-7-13/h5,8-9,12-14,17H,2-4,6-7,10-11H2,1H3. The fourth-order valence-electron chi connectivity index (χ4n) is 4.18. The van der Waals surface area contributed by atoms with Gasteiger partial charge in [-0.1, -0.05) is 25.3 Å². The van der Waals surface area contributed by atoms with Crippen LogP contribution in [0.15, 0.2) is 28.2 Å². The Hall–Kier alpha value is -2.15. The Labute approximate surface area is 162 Å². The Kier molecular flexibility index (Phi) is 5.29. The fraction of sp³-hybridized carbons (Fsp3) is 0.550. The first-order chi connectivity index (χ1) is 13.2. The number of hydrogen-bond acceptors (Lipinski definition) is 6. The first-order valence-electron chi connectivity index (χ1n) is 9.53. The van der Waals surface area contributed by atoms with Gasteiger partial charge in [0.15, 0.2) is 5.69 Å². The lowest BCUT2D eigenvalue weighted by Gasteiger charge is -2.41. The van der Waals surface area contributed by atoms with Crippen LogP contribution in [0.25, 0.3) is 0 Å². The highest BCUT2D eigenvalue weighted by atomic mass is 32.1. The molecule has 1 atom stereocenters. The van der Waals surface area contributed by atoms with Gasteiger partial charge in [-0.25, -0.2) is 9.78 Å². The second kappa shape index (κ2) is 7.84. The second-order valence-electron chi connectivity index (χ2n) is 7.39. The zero-order chi connectivity index (χ0) is 18.8. The monoisotopic (exact) mass is 388 g/mol. The van der Waals surface area contributed by atoms with Crippen LogP contribution in [0.3, 0.4) is 0 Å². The normalized spacial score (nSPS) is 19.5. The number of hydrogen-bond donors (Lipinski definition) is 0. The van der Waals surface area contributed by atoms with E-state index in [1.54, 1.807) is 11.3 Å². The van der Waals surface area contributed by atoms with Crippen molar-refractivity contribution in [2.75, 3.05) is 20.2 Å². The largest absolute Gasteiger partial charge is 0.464 e. The highest BCUT2D eigenvalue weighted by Gasteiger charge is 2.41. The molecule has 1 aliphatic heterocycles. The second-order valence-corrected chi connectivity index (χ2v) is 8.37. The summed E-state index contributed by atoms with van der Waals surface area (Å²) in [6.07, 6.45) is 7.30. The quantitative estimate of drug-likeness (QED) is 0.728. The zero-order valence-electron chi connectivity index (χ0n) is 15.4. The van der Waals surface area contributed by atoms with E-state index < -0.39 is 5.97 Å². The van der Waals surface area contributed by atoms with E-state index in [0.29, 0.717) is 24.9 Å². The van der Waals surface area contributed by atoms with Crippen molar-refractivity contribution in [1.29, 1.82) is 0 Å². The van der Waals surface area contributed by atoms with Gasteiger partial charge in [0.05, 0.1) is 18.9 Å². The summed E-state index contributed by atoms with van der Waals surface area (Å²) in [7, 11) is 1.32. The predicted molar refractivity (Wildman–Crippen MR) is 101 cm³/mol. The van der Waals surface area contributed by atoms with Crippen molar-refractivity contribution in [1.82, 2.24) is 9.88 Å². The van der Waals surface area contributed by atoms with Crippen LogP contribution < -0.4 is 0 Å². The molecule has 1 unspecified atom stereocenters. The van der Waals surface area contributed by atoms with E-state index in [2.05, 4.69) is 21.2 Å². The molecule has 4 rings (SSSR count). The summed E-state index contributed by atoms with van der Waals surface area (Å²) in [6.45, 7) is 1.18. The van der Waals surface area contributed by atoms with Gasteiger partial charge in [0.2, 0.25) is 11.8 Å². The van der Waals surface area contributed by atoms with E-state index in [-0.39, 0.29) is 23.4 Å². The number of thiophene rings is 1. The number of carbonyl (C=O) groups is 2. The van der Waals surface area contributed by atoms with Crippen LogP contribution in [-0.2, 0) is 9.53 Å². The minimum absolute atomic E-state index is 0.0264. The van der Waals surface area contributed by atoms with Gasteiger partial charge >= 0.3 is 5.97 Å². The van der Waals surface area contributed by atoms with Gasteiger partial charge in [-0.15, -0.1) is 11.3 Å². The summed E-state index contributed by atoms with van der Waals surface area (Å²) < 4.78 is 10.1. The number of esters is 1. The molecule has 1 amide bonds. The number of nitrogens with zero attached hydrogens (tertiary/aromatic N) is 2. The molecule has 0 aromatic carbocycles. The minimum atomic E-state index is -0.507. The highest BCUT2D eigenvalue weighted by molar-refractivity contribution is 7.10. The Morgan fingerprint density at radius 3 is 2.74 bits per heavy atom. The van der Waals surface area contributed by atoms with Gasteiger partial charge in [-0.05, 0) is 30.2 Å². The van der Waals surface area contributed by atoms with Crippen molar-refractivity contribution in [2.24, 2.45) is 5.92 Å². The van der Waals surface area contributed by atoms with Crippen molar-refractivity contribution in [3.05, 3.63) is 40.2 Å². The third kappa shape index (κ3) is 3.65. The molecule has 2 aromatic rings. The molecule has 2 aromatic heterocycles. The first-order valence-corrected chi connectivity index (χ1v) is 10.4. The number of aromatic nitrogens is 1. The van der Waals surface area contributed by atoms with Crippen LogP contribution >= 0.6 is 11.3 Å². The SMILES string of the molecule is COC(=O)c1coc(C2CN(C(=O)C(c3cccs3)C3CCCCC3)C2)n1. The van der Waals surface area contributed by atoms with E-state index in [9.17, 15) is 9.59 Å². The molecule has 3 heterocycles. The van der Waals surface area contributed by atoms with E-state index in [1.165, 1.54) is 37.5 Å². The maximum atomic E-state index is 13.3. The Morgan fingerprint density at radius 1 is 1.30 bits per heavy atom. The zero-order valence-corrected chi connectivity index (χ0v) is 16.2. The molecule has 144 valence electrons. The van der Waals surface area contributed by atoms with E-state index >= 15 is 0 Å². The van der Waals surface area contributed by atoms with E-state index in [0.717, 1.165) is 12.8 Å². The molecular weight excluding hydrogens is 364 g/mol. The number of carbonyl (C=O) groups excluding carboxylic acids is 2. The maximum absolute atomic E-state index is 13.3. The van der Waals surface area contributed by atoms with Crippen molar-refractivity contribution in [3.63, 3.8) is 0 Å². The van der Waals surface area contributed by atoms with Crippen molar-refractivity contribution >= 4 is 23.2 Å². The molecule has 2 aliphatic rings. The minimum Gasteiger partial charge on any atom is -0.464 e. The summed E-state index contributed by atoms with van der Waals surface area (Å²) in [5.74, 6) is 0.679. The number of methoxy groups -OCH3 is 1. The first kappa shape index (κ1) is 18.2. The van der Waals surface area contributed by atoms with Crippen LogP contribution in [0, 0.1) is 5.92 Å². The summed E-state index contributed by atoms with van der Waals surface area (Å²) in [4.78, 5) is 32.1. The van der Waals surface area contributed by atoms with Gasteiger partial charge in [0.25, 0.3) is 0 Å². The van der Waals surface area contributed by atoms with Gasteiger partial charge in [-0.3, -0.25) is 4.79 Å². The average molecular weight is 388 g/mol. The molecule has 1 aliphatic carbocycles. The van der Waals surface area contributed by atoms with Crippen molar-refractivity contribution in [3.8, 4) is 0 Å². The lowest BCUT2D eigenvalue weighted by molar-refractivity contribution is -0.139. The molecule has 1 saturated carbocycles. The smallest absolute Gasteiger partial charge is 0.360 e. The molecule has 2 fully saturated rings. The van der Waals surface area contributed by atoms with Crippen LogP contribution in [0.4, 0.5) is 0 Å². The molecule has 7 heteroatoms. The lowest BCUT2D eigenvalue weighted by Crippen LogP contribution is -2.51. The van der Waals surface area contributed by atoms with Crippen molar-refractivity contribution < 1.29 is 18.7 Å². The molecule has 27 heavy (non-hydrogen) atoms. The third-order valence-electron chi connectivity index (χ3n) is 5.70. The Morgan fingerprint density at radius 2 is 2.07 bits per heavy atom. The van der Waals surface area contributed by atoms with Crippen LogP contribution in [0.1, 0.15) is 65.2 Å². The number of oxazole rings is 1. The average Bonchev–Trinajstić information content (AvgIpc) is 3.33.